The van der Waals surface area contributed by atoms with Gasteiger partial charge in [0.05, 0.1) is 4.47 Å². The van der Waals surface area contributed by atoms with Gasteiger partial charge in [0.15, 0.2) is 5.76 Å². The first-order chi connectivity index (χ1) is 11.0. The molecule has 0 aliphatic carbocycles. The molecule has 3 nitrogen and oxygen atoms in total. The van der Waals surface area contributed by atoms with Gasteiger partial charge in [0.1, 0.15) is 5.58 Å². The summed E-state index contributed by atoms with van der Waals surface area (Å²) in [5, 5.41) is 3.91. The van der Waals surface area contributed by atoms with E-state index in [-0.39, 0.29) is 5.91 Å². The van der Waals surface area contributed by atoms with E-state index in [2.05, 4.69) is 35.1 Å². The third kappa shape index (κ3) is 3.04. The number of carbonyl (C=O) groups is 1. The van der Waals surface area contributed by atoms with Crippen LogP contribution in [0.5, 0.6) is 0 Å². The Labute approximate surface area is 143 Å². The molecule has 0 spiro atoms. The summed E-state index contributed by atoms with van der Waals surface area (Å²) in [6.45, 7) is 6.22. The molecular weight excluding hydrogens is 354 g/mol. The fourth-order valence-electron chi connectivity index (χ4n) is 2.66. The van der Waals surface area contributed by atoms with Gasteiger partial charge in [-0.3, -0.25) is 4.79 Å². The maximum Gasteiger partial charge on any atom is 0.291 e. The van der Waals surface area contributed by atoms with Crippen molar-refractivity contribution in [1.29, 1.82) is 0 Å². The molecule has 3 rings (SSSR count). The van der Waals surface area contributed by atoms with Crippen molar-refractivity contribution in [2.45, 2.75) is 26.7 Å². The van der Waals surface area contributed by atoms with Gasteiger partial charge >= 0.3 is 0 Å². The van der Waals surface area contributed by atoms with E-state index >= 15 is 0 Å². The molecule has 0 bridgehead atoms. The maximum atomic E-state index is 12.6. The number of benzene rings is 2. The Bertz CT molecular complexity index is 880. The van der Waals surface area contributed by atoms with Crippen molar-refractivity contribution in [3.63, 3.8) is 0 Å². The minimum atomic E-state index is -0.232. The van der Waals surface area contributed by atoms with Crippen LogP contribution in [0.2, 0.25) is 0 Å². The van der Waals surface area contributed by atoms with E-state index in [9.17, 15) is 4.79 Å². The number of carbonyl (C=O) groups excluding carboxylic acids is 1. The van der Waals surface area contributed by atoms with Crippen molar-refractivity contribution in [1.82, 2.24) is 0 Å². The predicted octanol–water partition coefficient (Wildman–Crippen LogP) is 5.88. The number of nitrogens with one attached hydrogen (secondary N) is 1. The quantitative estimate of drug-likeness (QED) is 0.624. The molecule has 1 aromatic heterocycles. The average Bonchev–Trinajstić information content (AvgIpc) is 2.94. The summed E-state index contributed by atoms with van der Waals surface area (Å²) in [7, 11) is 0. The number of aryl methyl sites for hydroxylation is 1. The number of halogens is 1. The lowest BCUT2D eigenvalue weighted by atomic mass is 9.98. The third-order valence-electron chi connectivity index (χ3n) is 3.89. The van der Waals surface area contributed by atoms with Crippen molar-refractivity contribution in [2.24, 2.45) is 0 Å². The monoisotopic (exact) mass is 371 g/mol. The van der Waals surface area contributed by atoms with Crippen LogP contribution in [0.15, 0.2) is 51.4 Å². The van der Waals surface area contributed by atoms with Gasteiger partial charge < -0.3 is 9.73 Å². The van der Waals surface area contributed by atoms with Crippen LogP contribution < -0.4 is 5.32 Å². The van der Waals surface area contributed by atoms with E-state index in [4.69, 9.17) is 4.42 Å². The molecule has 0 radical (unpaired) electrons. The lowest BCUT2D eigenvalue weighted by molar-refractivity contribution is 0.0998. The molecular formula is C19H18BrNO2. The van der Waals surface area contributed by atoms with Crippen molar-refractivity contribution in [3.05, 3.63) is 63.8 Å². The molecule has 4 heteroatoms. The van der Waals surface area contributed by atoms with Crippen LogP contribution in [0, 0.1) is 6.92 Å². The molecule has 0 aliphatic rings. The van der Waals surface area contributed by atoms with Crippen LogP contribution in [0.1, 0.15) is 41.4 Å². The van der Waals surface area contributed by atoms with Crippen molar-refractivity contribution in [3.8, 4) is 0 Å². The van der Waals surface area contributed by atoms with Gasteiger partial charge in [0, 0.05) is 11.1 Å². The van der Waals surface area contributed by atoms with E-state index in [0.29, 0.717) is 17.3 Å². The third-order valence-corrected chi connectivity index (χ3v) is 4.51. The Hall–Kier alpha value is -2.07. The minimum Gasteiger partial charge on any atom is -0.450 e. The van der Waals surface area contributed by atoms with E-state index in [0.717, 1.165) is 26.7 Å². The largest absolute Gasteiger partial charge is 0.450 e. The number of hydrogen-bond donors (Lipinski definition) is 1. The van der Waals surface area contributed by atoms with Crippen LogP contribution >= 0.6 is 15.9 Å². The average molecular weight is 372 g/mol. The Balaban J connectivity index is 1.97. The Morgan fingerprint density at radius 2 is 1.91 bits per heavy atom. The fraction of sp³-hybridized carbons (Fsp3) is 0.211. The first-order valence-corrected chi connectivity index (χ1v) is 8.35. The topological polar surface area (TPSA) is 42.2 Å². The number of amides is 1. The maximum absolute atomic E-state index is 12.6. The zero-order chi connectivity index (χ0) is 16.6. The molecule has 1 amide bonds. The summed E-state index contributed by atoms with van der Waals surface area (Å²) >= 11 is 3.44. The molecule has 23 heavy (non-hydrogen) atoms. The zero-order valence-corrected chi connectivity index (χ0v) is 14.9. The molecule has 3 aromatic rings. The number of rotatable bonds is 3. The van der Waals surface area contributed by atoms with E-state index in [1.807, 2.05) is 43.3 Å². The number of fused-ring (bicyclic) bond motifs is 1. The number of para-hydroxylation sites is 2. The normalized spacial score (nSPS) is 11.2. The fourth-order valence-corrected chi connectivity index (χ4v) is 3.12. The SMILES string of the molecule is Cc1cccc(C(C)C)c1NC(=O)c1cc2cccc(Br)c2o1. The van der Waals surface area contributed by atoms with Gasteiger partial charge in [-0.15, -0.1) is 0 Å². The summed E-state index contributed by atoms with van der Waals surface area (Å²) in [6, 6.07) is 13.6. The summed E-state index contributed by atoms with van der Waals surface area (Å²) < 4.78 is 6.55. The first kappa shape index (κ1) is 15.8. The standard InChI is InChI=1S/C19H18BrNO2/c1-11(2)14-8-4-6-12(3)17(14)21-19(22)16-10-13-7-5-9-15(20)18(13)23-16/h4-11H,1-3H3,(H,21,22). The molecule has 2 aromatic carbocycles. The molecule has 118 valence electrons. The summed E-state index contributed by atoms with van der Waals surface area (Å²) in [5.74, 6) is 0.407. The highest BCUT2D eigenvalue weighted by Crippen LogP contribution is 2.30. The smallest absolute Gasteiger partial charge is 0.291 e. The highest BCUT2D eigenvalue weighted by molar-refractivity contribution is 9.10. The van der Waals surface area contributed by atoms with Gasteiger partial charge in [0.2, 0.25) is 0 Å². The van der Waals surface area contributed by atoms with Gasteiger partial charge in [-0.05, 0) is 52.0 Å². The highest BCUT2D eigenvalue weighted by atomic mass is 79.9. The van der Waals surface area contributed by atoms with Crippen molar-refractivity contribution in [2.75, 3.05) is 5.32 Å². The number of anilines is 1. The first-order valence-electron chi connectivity index (χ1n) is 7.56. The Morgan fingerprint density at radius 1 is 1.17 bits per heavy atom. The molecule has 0 aliphatic heterocycles. The molecule has 0 atom stereocenters. The van der Waals surface area contributed by atoms with Gasteiger partial charge in [-0.25, -0.2) is 0 Å². The second-order valence-electron chi connectivity index (χ2n) is 5.92. The summed E-state index contributed by atoms with van der Waals surface area (Å²) in [4.78, 5) is 12.6. The minimum absolute atomic E-state index is 0.232. The van der Waals surface area contributed by atoms with Gasteiger partial charge in [-0.2, -0.15) is 0 Å². The molecule has 0 unspecified atom stereocenters. The lowest BCUT2D eigenvalue weighted by Gasteiger charge is -2.15. The van der Waals surface area contributed by atoms with E-state index < -0.39 is 0 Å². The number of furan rings is 1. The van der Waals surface area contributed by atoms with E-state index in [1.54, 1.807) is 6.07 Å². The van der Waals surface area contributed by atoms with E-state index in [1.165, 1.54) is 0 Å². The molecule has 1 heterocycles. The molecule has 0 saturated heterocycles. The van der Waals surface area contributed by atoms with Gasteiger partial charge in [0.25, 0.3) is 5.91 Å². The molecule has 1 N–H and O–H groups in total. The van der Waals surface area contributed by atoms with Crippen LogP contribution in [-0.4, -0.2) is 5.91 Å². The summed E-state index contributed by atoms with van der Waals surface area (Å²) in [5.41, 5.74) is 3.72. The molecule has 0 fully saturated rings. The zero-order valence-electron chi connectivity index (χ0n) is 13.3. The van der Waals surface area contributed by atoms with Crippen molar-refractivity contribution >= 4 is 38.5 Å². The van der Waals surface area contributed by atoms with Crippen LogP contribution in [0.4, 0.5) is 5.69 Å². The van der Waals surface area contributed by atoms with Crippen LogP contribution in [-0.2, 0) is 0 Å². The Morgan fingerprint density at radius 3 is 2.61 bits per heavy atom. The highest BCUT2D eigenvalue weighted by Gasteiger charge is 2.17. The van der Waals surface area contributed by atoms with Crippen LogP contribution in [0.3, 0.4) is 0 Å². The second kappa shape index (κ2) is 6.20. The predicted molar refractivity (Wildman–Crippen MR) is 97.1 cm³/mol. The molecule has 0 saturated carbocycles. The van der Waals surface area contributed by atoms with Crippen LogP contribution in [0.25, 0.3) is 11.0 Å². The number of hydrogen-bond acceptors (Lipinski definition) is 2. The van der Waals surface area contributed by atoms with Gasteiger partial charge in [-0.1, -0.05) is 44.2 Å². The lowest BCUT2D eigenvalue weighted by Crippen LogP contribution is -2.14. The van der Waals surface area contributed by atoms with Crippen molar-refractivity contribution < 1.29 is 9.21 Å². The second-order valence-corrected chi connectivity index (χ2v) is 6.77. The Kier molecular flexibility index (Phi) is 4.26. The summed E-state index contributed by atoms with van der Waals surface area (Å²) in [6.07, 6.45) is 0.